The second-order valence-electron chi connectivity index (χ2n) is 4.15. The minimum absolute atomic E-state index is 0.107. The van der Waals surface area contributed by atoms with Crippen LogP contribution in [-0.2, 0) is 14.6 Å². The van der Waals surface area contributed by atoms with E-state index in [9.17, 15) is 26.4 Å². The maximum atomic E-state index is 12.0. The van der Waals surface area contributed by atoms with Crippen molar-refractivity contribution in [3.8, 4) is 0 Å². The lowest BCUT2D eigenvalue weighted by Crippen LogP contribution is -2.47. The molecule has 0 aromatic heterocycles. The number of rotatable bonds is 3. The Morgan fingerprint density at radius 2 is 2.00 bits per heavy atom. The van der Waals surface area contributed by atoms with Crippen molar-refractivity contribution in [2.75, 3.05) is 12.3 Å². The molecule has 2 N–H and O–H groups in total. The Labute approximate surface area is 102 Å². The summed E-state index contributed by atoms with van der Waals surface area (Å²) in [5.74, 6) is -1.11. The van der Waals surface area contributed by atoms with E-state index in [1.807, 2.05) is 5.32 Å². The zero-order valence-electron chi connectivity index (χ0n) is 9.40. The van der Waals surface area contributed by atoms with Gasteiger partial charge in [0.1, 0.15) is 5.25 Å². The molecule has 1 amide bonds. The van der Waals surface area contributed by atoms with E-state index in [1.165, 1.54) is 0 Å². The molecule has 0 radical (unpaired) electrons. The van der Waals surface area contributed by atoms with E-state index in [-0.39, 0.29) is 12.2 Å². The Morgan fingerprint density at radius 1 is 1.39 bits per heavy atom. The van der Waals surface area contributed by atoms with Gasteiger partial charge in [-0.15, -0.1) is 0 Å². The standard InChI is InChI=1S/C9H14F3NO4S/c10-9(11,12)7(14)5-13-8(15)6-3-1-2-4-18(6,16)17/h6-7,14H,1-5H2,(H,13,15). The van der Waals surface area contributed by atoms with E-state index in [1.54, 1.807) is 0 Å². The fourth-order valence-corrected chi connectivity index (χ4v) is 3.50. The number of aliphatic hydroxyl groups excluding tert-OH is 1. The van der Waals surface area contributed by atoms with Crippen LogP contribution >= 0.6 is 0 Å². The van der Waals surface area contributed by atoms with Crippen molar-refractivity contribution in [2.45, 2.75) is 36.8 Å². The van der Waals surface area contributed by atoms with Crippen LogP contribution in [0.1, 0.15) is 19.3 Å². The molecule has 1 fully saturated rings. The van der Waals surface area contributed by atoms with Crippen molar-refractivity contribution in [3.05, 3.63) is 0 Å². The maximum Gasteiger partial charge on any atom is 0.416 e. The van der Waals surface area contributed by atoms with Gasteiger partial charge in [0.05, 0.1) is 12.3 Å². The quantitative estimate of drug-likeness (QED) is 0.765. The van der Waals surface area contributed by atoms with Crippen molar-refractivity contribution < 1.29 is 31.5 Å². The minimum atomic E-state index is -4.83. The summed E-state index contributed by atoms with van der Waals surface area (Å²) in [5, 5.41) is 9.20. The average Bonchev–Trinajstić information content (AvgIpc) is 2.23. The third-order valence-corrected chi connectivity index (χ3v) is 4.89. The van der Waals surface area contributed by atoms with Gasteiger partial charge in [-0.3, -0.25) is 4.79 Å². The first-order valence-electron chi connectivity index (χ1n) is 5.38. The van der Waals surface area contributed by atoms with Gasteiger partial charge < -0.3 is 10.4 Å². The van der Waals surface area contributed by atoms with Gasteiger partial charge in [-0.2, -0.15) is 13.2 Å². The third-order valence-electron chi connectivity index (χ3n) is 2.72. The predicted molar refractivity (Wildman–Crippen MR) is 56.5 cm³/mol. The Hall–Kier alpha value is -0.830. The minimum Gasteiger partial charge on any atom is -0.382 e. The molecule has 1 aliphatic heterocycles. The molecule has 5 nitrogen and oxygen atoms in total. The van der Waals surface area contributed by atoms with Crippen molar-refractivity contribution in [2.24, 2.45) is 0 Å². The number of amides is 1. The monoisotopic (exact) mass is 289 g/mol. The molecule has 1 heterocycles. The molecule has 0 saturated carbocycles. The second kappa shape index (κ2) is 5.43. The molecule has 9 heteroatoms. The smallest absolute Gasteiger partial charge is 0.382 e. The molecular weight excluding hydrogens is 275 g/mol. The molecule has 0 aliphatic carbocycles. The normalized spacial score (nSPS) is 25.4. The summed E-state index contributed by atoms with van der Waals surface area (Å²) >= 11 is 0. The van der Waals surface area contributed by atoms with Crippen LogP contribution in [-0.4, -0.2) is 49.3 Å². The number of halogens is 3. The molecule has 0 aromatic carbocycles. The fourth-order valence-electron chi connectivity index (χ4n) is 1.68. The van der Waals surface area contributed by atoms with Gasteiger partial charge in [0.25, 0.3) is 0 Å². The second-order valence-corrected chi connectivity index (χ2v) is 6.46. The van der Waals surface area contributed by atoms with Crippen LogP contribution in [0.2, 0.25) is 0 Å². The van der Waals surface area contributed by atoms with Crippen molar-refractivity contribution in [1.82, 2.24) is 5.32 Å². The summed E-state index contributed by atoms with van der Waals surface area (Å²) in [6.07, 6.45) is -6.42. The zero-order valence-corrected chi connectivity index (χ0v) is 10.2. The van der Waals surface area contributed by atoms with Gasteiger partial charge in [-0.25, -0.2) is 8.42 Å². The maximum absolute atomic E-state index is 12.0. The highest BCUT2D eigenvalue weighted by atomic mass is 32.2. The molecule has 0 bridgehead atoms. The van der Waals surface area contributed by atoms with Crippen molar-refractivity contribution >= 4 is 15.7 Å². The zero-order chi connectivity index (χ0) is 14.0. The molecule has 2 unspecified atom stereocenters. The van der Waals surface area contributed by atoms with Crippen LogP contribution in [0.3, 0.4) is 0 Å². The number of carbonyl (C=O) groups excluding carboxylic acids is 1. The SMILES string of the molecule is O=C(NCC(O)C(F)(F)F)C1CCCCS1(=O)=O. The molecule has 1 aliphatic rings. The van der Waals surface area contributed by atoms with Gasteiger partial charge in [-0.05, 0) is 12.8 Å². The first-order chi connectivity index (χ1) is 8.14. The van der Waals surface area contributed by atoms with E-state index < -0.39 is 39.8 Å². The van der Waals surface area contributed by atoms with E-state index in [0.717, 1.165) is 0 Å². The lowest BCUT2D eigenvalue weighted by Gasteiger charge is -2.22. The molecular formula is C9H14F3NO4S. The summed E-state index contributed by atoms with van der Waals surface area (Å²) in [7, 11) is -3.58. The first kappa shape index (κ1) is 15.2. The summed E-state index contributed by atoms with van der Waals surface area (Å²) < 4.78 is 59.0. The number of sulfone groups is 1. The van der Waals surface area contributed by atoms with E-state index in [0.29, 0.717) is 12.8 Å². The highest BCUT2D eigenvalue weighted by molar-refractivity contribution is 7.92. The average molecular weight is 289 g/mol. The van der Waals surface area contributed by atoms with Gasteiger partial charge in [0.15, 0.2) is 15.9 Å². The Bertz CT molecular complexity index is 407. The summed E-state index contributed by atoms with van der Waals surface area (Å²) in [6, 6.07) is 0. The van der Waals surface area contributed by atoms with Crippen LogP contribution < -0.4 is 5.32 Å². The molecule has 1 saturated heterocycles. The largest absolute Gasteiger partial charge is 0.416 e. The van der Waals surface area contributed by atoms with Crippen molar-refractivity contribution in [3.63, 3.8) is 0 Å². The predicted octanol–water partition coefficient (Wildman–Crippen LogP) is -0.00690. The van der Waals surface area contributed by atoms with Crippen LogP contribution in [0.15, 0.2) is 0 Å². The number of hydrogen-bond acceptors (Lipinski definition) is 4. The van der Waals surface area contributed by atoms with E-state index in [4.69, 9.17) is 5.11 Å². The molecule has 106 valence electrons. The van der Waals surface area contributed by atoms with E-state index in [2.05, 4.69) is 0 Å². The highest BCUT2D eigenvalue weighted by Gasteiger charge is 2.40. The first-order valence-corrected chi connectivity index (χ1v) is 7.10. The third kappa shape index (κ3) is 3.84. The van der Waals surface area contributed by atoms with Gasteiger partial charge in [-0.1, -0.05) is 6.42 Å². The van der Waals surface area contributed by atoms with Gasteiger partial charge >= 0.3 is 6.18 Å². The van der Waals surface area contributed by atoms with Crippen LogP contribution in [0.4, 0.5) is 13.2 Å². The van der Waals surface area contributed by atoms with Crippen LogP contribution in [0.25, 0.3) is 0 Å². The Balaban J connectivity index is 2.56. The van der Waals surface area contributed by atoms with Crippen LogP contribution in [0, 0.1) is 0 Å². The Kier molecular flexibility index (Phi) is 4.60. The van der Waals surface area contributed by atoms with Gasteiger partial charge in [0.2, 0.25) is 5.91 Å². The molecule has 2 atom stereocenters. The topological polar surface area (TPSA) is 83.5 Å². The number of nitrogens with one attached hydrogen (secondary N) is 1. The lowest BCUT2D eigenvalue weighted by molar-refractivity contribution is -0.201. The fraction of sp³-hybridized carbons (Fsp3) is 0.889. The van der Waals surface area contributed by atoms with Crippen LogP contribution in [0.5, 0.6) is 0 Å². The summed E-state index contributed by atoms with van der Waals surface area (Å²) in [4.78, 5) is 11.5. The number of hydrogen-bond donors (Lipinski definition) is 2. The molecule has 0 aromatic rings. The Morgan fingerprint density at radius 3 is 2.50 bits per heavy atom. The molecule has 18 heavy (non-hydrogen) atoms. The molecule has 0 spiro atoms. The number of carbonyl (C=O) groups is 1. The van der Waals surface area contributed by atoms with E-state index >= 15 is 0 Å². The lowest BCUT2D eigenvalue weighted by atomic mass is 10.2. The van der Waals surface area contributed by atoms with Crippen molar-refractivity contribution in [1.29, 1.82) is 0 Å². The summed E-state index contributed by atoms with van der Waals surface area (Å²) in [6.45, 7) is -1.03. The number of alkyl halides is 3. The number of aliphatic hydroxyl groups is 1. The highest BCUT2D eigenvalue weighted by Crippen LogP contribution is 2.21. The van der Waals surface area contributed by atoms with Gasteiger partial charge in [0, 0.05) is 0 Å². The summed E-state index contributed by atoms with van der Waals surface area (Å²) in [5.41, 5.74) is 0. The molecule has 1 rings (SSSR count).